The number of likely N-dealkylation sites (N-methyl/N-ethyl adjacent to an activating group) is 1. The molecule has 0 saturated carbocycles. The van der Waals surface area contributed by atoms with Gasteiger partial charge in [-0.25, -0.2) is 4.98 Å². The van der Waals surface area contributed by atoms with Crippen LogP contribution in [-0.4, -0.2) is 39.0 Å². The fourth-order valence-corrected chi connectivity index (χ4v) is 2.38. The summed E-state index contributed by atoms with van der Waals surface area (Å²) in [7, 11) is 1.85. The lowest BCUT2D eigenvalue weighted by Gasteiger charge is -2.21. The number of rotatable bonds is 7. The Labute approximate surface area is 133 Å². The van der Waals surface area contributed by atoms with Crippen molar-refractivity contribution in [2.24, 2.45) is 5.92 Å². The van der Waals surface area contributed by atoms with E-state index in [0.717, 1.165) is 6.42 Å². The molecule has 0 unspecified atom stereocenters. The van der Waals surface area contributed by atoms with E-state index in [1.807, 2.05) is 24.3 Å². The number of anilines is 1. The van der Waals surface area contributed by atoms with E-state index in [1.165, 1.54) is 11.3 Å². The molecule has 0 aliphatic heterocycles. The summed E-state index contributed by atoms with van der Waals surface area (Å²) in [6.07, 6.45) is 2.44. The van der Waals surface area contributed by atoms with Crippen molar-refractivity contribution in [2.45, 2.75) is 39.8 Å². The van der Waals surface area contributed by atoms with Crippen molar-refractivity contribution in [3.8, 4) is 0 Å². The number of nitrogens with zero attached hydrogens (tertiary/aromatic N) is 4. The molecule has 1 N–H and O–H groups in total. The summed E-state index contributed by atoms with van der Waals surface area (Å²) in [5.74, 6) is 1.59. The van der Waals surface area contributed by atoms with Gasteiger partial charge in [0, 0.05) is 18.0 Å². The zero-order valence-corrected chi connectivity index (χ0v) is 14.1. The Hall–Kier alpha value is -1.80. The molecule has 0 spiro atoms. The maximum Gasteiger partial charge on any atom is 0.243 e. The van der Waals surface area contributed by atoms with E-state index in [2.05, 4.69) is 34.3 Å². The van der Waals surface area contributed by atoms with Crippen LogP contribution in [0.4, 0.5) is 5.13 Å². The standard InChI is InChI=1S/C14H21N5O2S/c1-9(2)7-11-16-12(21-18-11)8-19(4)10(3)13(20)17-14-15-5-6-22-14/h5-6,9-10H,7-8H2,1-4H3,(H,15,17,20)/t10-/m0/s1. The van der Waals surface area contributed by atoms with E-state index in [4.69, 9.17) is 4.52 Å². The summed E-state index contributed by atoms with van der Waals surface area (Å²) < 4.78 is 5.23. The lowest BCUT2D eigenvalue weighted by Crippen LogP contribution is -2.39. The van der Waals surface area contributed by atoms with E-state index in [-0.39, 0.29) is 11.9 Å². The highest BCUT2D eigenvalue weighted by molar-refractivity contribution is 7.13. The van der Waals surface area contributed by atoms with Crippen LogP contribution in [0, 0.1) is 5.92 Å². The average molecular weight is 323 g/mol. The maximum absolute atomic E-state index is 12.1. The van der Waals surface area contributed by atoms with E-state index in [9.17, 15) is 4.79 Å². The summed E-state index contributed by atoms with van der Waals surface area (Å²) >= 11 is 1.39. The molecule has 22 heavy (non-hydrogen) atoms. The Balaban J connectivity index is 1.88. The molecule has 0 bridgehead atoms. The Kier molecular flexibility index (Phi) is 5.62. The highest BCUT2D eigenvalue weighted by Gasteiger charge is 2.21. The minimum Gasteiger partial charge on any atom is -0.338 e. The predicted molar refractivity (Wildman–Crippen MR) is 84.5 cm³/mol. The van der Waals surface area contributed by atoms with Gasteiger partial charge in [-0.1, -0.05) is 19.0 Å². The Morgan fingerprint density at radius 3 is 2.86 bits per heavy atom. The third-order valence-corrected chi connectivity index (χ3v) is 3.88. The zero-order chi connectivity index (χ0) is 16.1. The third-order valence-electron chi connectivity index (χ3n) is 3.19. The van der Waals surface area contributed by atoms with Gasteiger partial charge in [0.15, 0.2) is 11.0 Å². The Morgan fingerprint density at radius 1 is 1.45 bits per heavy atom. The van der Waals surface area contributed by atoms with E-state index < -0.39 is 0 Å². The van der Waals surface area contributed by atoms with Crippen molar-refractivity contribution in [1.82, 2.24) is 20.0 Å². The molecule has 0 saturated heterocycles. The number of carbonyl (C=O) groups excluding carboxylic acids is 1. The lowest BCUT2D eigenvalue weighted by molar-refractivity contribution is -0.120. The van der Waals surface area contributed by atoms with Crippen LogP contribution in [0.1, 0.15) is 32.5 Å². The first kappa shape index (κ1) is 16.6. The number of hydrogen-bond donors (Lipinski definition) is 1. The van der Waals surface area contributed by atoms with Gasteiger partial charge in [0.25, 0.3) is 0 Å². The number of aromatic nitrogens is 3. The van der Waals surface area contributed by atoms with Crippen molar-refractivity contribution in [1.29, 1.82) is 0 Å². The van der Waals surface area contributed by atoms with Crippen molar-refractivity contribution in [3.05, 3.63) is 23.3 Å². The molecule has 120 valence electrons. The van der Waals surface area contributed by atoms with Gasteiger partial charge in [0.05, 0.1) is 12.6 Å². The number of hydrogen-bond acceptors (Lipinski definition) is 7. The van der Waals surface area contributed by atoms with Gasteiger partial charge in [-0.3, -0.25) is 9.69 Å². The molecular formula is C14H21N5O2S. The normalized spacial score (nSPS) is 12.8. The predicted octanol–water partition coefficient (Wildman–Crippen LogP) is 2.18. The molecular weight excluding hydrogens is 302 g/mol. The molecule has 2 rings (SSSR count). The largest absolute Gasteiger partial charge is 0.338 e. The summed E-state index contributed by atoms with van der Waals surface area (Å²) in [5, 5.41) is 9.15. The van der Waals surface area contributed by atoms with Crippen LogP contribution in [0.15, 0.2) is 16.1 Å². The second-order valence-corrected chi connectivity index (χ2v) is 6.51. The number of carbonyl (C=O) groups is 1. The number of amides is 1. The number of nitrogens with one attached hydrogen (secondary N) is 1. The molecule has 7 nitrogen and oxygen atoms in total. The van der Waals surface area contributed by atoms with E-state index >= 15 is 0 Å². The summed E-state index contributed by atoms with van der Waals surface area (Å²) in [6.45, 7) is 6.46. The summed E-state index contributed by atoms with van der Waals surface area (Å²) in [4.78, 5) is 22.4. The molecule has 2 heterocycles. The summed E-state index contributed by atoms with van der Waals surface area (Å²) in [5.41, 5.74) is 0. The average Bonchev–Trinajstić information content (AvgIpc) is 3.09. The quantitative estimate of drug-likeness (QED) is 0.841. The third kappa shape index (κ3) is 4.60. The first-order chi connectivity index (χ1) is 10.5. The number of thiazole rings is 1. The lowest BCUT2D eigenvalue weighted by atomic mass is 10.1. The molecule has 2 aromatic rings. The fraction of sp³-hybridized carbons (Fsp3) is 0.571. The van der Waals surface area contributed by atoms with E-state index in [1.54, 1.807) is 6.20 Å². The first-order valence-corrected chi connectivity index (χ1v) is 8.05. The second kappa shape index (κ2) is 7.46. The molecule has 0 aromatic carbocycles. The first-order valence-electron chi connectivity index (χ1n) is 7.17. The smallest absolute Gasteiger partial charge is 0.243 e. The molecule has 0 fully saturated rings. The molecule has 1 amide bonds. The highest BCUT2D eigenvalue weighted by atomic mass is 32.1. The van der Waals surface area contributed by atoms with Gasteiger partial charge < -0.3 is 9.84 Å². The molecule has 8 heteroatoms. The molecule has 0 aliphatic rings. The van der Waals surface area contributed by atoms with Crippen molar-refractivity contribution >= 4 is 22.4 Å². The maximum atomic E-state index is 12.1. The Morgan fingerprint density at radius 2 is 2.23 bits per heavy atom. The topological polar surface area (TPSA) is 84.2 Å². The van der Waals surface area contributed by atoms with Crippen molar-refractivity contribution in [3.63, 3.8) is 0 Å². The SMILES string of the molecule is CC(C)Cc1noc(CN(C)[C@@H](C)C(=O)Nc2nccs2)n1. The van der Waals surface area contributed by atoms with Gasteiger partial charge >= 0.3 is 0 Å². The van der Waals surface area contributed by atoms with Crippen molar-refractivity contribution < 1.29 is 9.32 Å². The van der Waals surface area contributed by atoms with Crippen LogP contribution in [0.5, 0.6) is 0 Å². The van der Waals surface area contributed by atoms with Crippen LogP contribution in [0.3, 0.4) is 0 Å². The van der Waals surface area contributed by atoms with Gasteiger partial charge in [0.1, 0.15) is 0 Å². The molecule has 0 radical (unpaired) electrons. The summed E-state index contributed by atoms with van der Waals surface area (Å²) in [6, 6.07) is -0.329. The van der Waals surface area contributed by atoms with Crippen LogP contribution in [-0.2, 0) is 17.8 Å². The second-order valence-electron chi connectivity index (χ2n) is 5.62. The highest BCUT2D eigenvalue weighted by Crippen LogP contribution is 2.13. The van der Waals surface area contributed by atoms with Crippen molar-refractivity contribution in [2.75, 3.05) is 12.4 Å². The van der Waals surface area contributed by atoms with Crippen LogP contribution in [0.2, 0.25) is 0 Å². The zero-order valence-electron chi connectivity index (χ0n) is 13.2. The molecule has 0 aliphatic carbocycles. The Bertz CT molecular complexity index is 596. The minimum atomic E-state index is -0.329. The molecule has 2 aromatic heterocycles. The van der Waals surface area contributed by atoms with Gasteiger partial charge in [-0.2, -0.15) is 4.98 Å². The monoisotopic (exact) mass is 323 g/mol. The van der Waals surface area contributed by atoms with E-state index in [0.29, 0.717) is 29.3 Å². The van der Waals surface area contributed by atoms with Crippen LogP contribution < -0.4 is 5.32 Å². The van der Waals surface area contributed by atoms with Gasteiger partial charge in [0.2, 0.25) is 11.8 Å². The van der Waals surface area contributed by atoms with Gasteiger partial charge in [-0.15, -0.1) is 11.3 Å². The minimum absolute atomic E-state index is 0.112. The van der Waals surface area contributed by atoms with Gasteiger partial charge in [-0.05, 0) is 19.9 Å². The fourth-order valence-electron chi connectivity index (χ4n) is 1.85. The molecule has 1 atom stereocenters. The van der Waals surface area contributed by atoms with Crippen LogP contribution in [0.25, 0.3) is 0 Å². The van der Waals surface area contributed by atoms with Crippen LogP contribution >= 0.6 is 11.3 Å².